The van der Waals surface area contributed by atoms with Gasteiger partial charge in [0.15, 0.2) is 0 Å². The van der Waals surface area contributed by atoms with Gasteiger partial charge in [-0.15, -0.1) is 0 Å². The van der Waals surface area contributed by atoms with Gasteiger partial charge in [-0.05, 0) is 29.8 Å². The van der Waals surface area contributed by atoms with Gasteiger partial charge in [-0.25, -0.2) is 4.39 Å². The summed E-state index contributed by atoms with van der Waals surface area (Å²) in [7, 11) is 0. The summed E-state index contributed by atoms with van der Waals surface area (Å²) in [5.41, 5.74) is 2.54. The van der Waals surface area contributed by atoms with E-state index >= 15 is 0 Å². The molecule has 0 saturated carbocycles. The lowest BCUT2D eigenvalue weighted by Gasteiger charge is -2.12. The molecule has 0 aliphatic rings. The molecule has 3 rings (SSSR count). The lowest BCUT2D eigenvalue weighted by molar-refractivity contribution is 0.307. The minimum absolute atomic E-state index is 0.288. The molecule has 0 aromatic heterocycles. The second-order valence-electron chi connectivity index (χ2n) is 4.89. The van der Waals surface area contributed by atoms with Gasteiger partial charge in [0.1, 0.15) is 18.2 Å². The molecule has 0 aliphatic heterocycles. The second kappa shape index (κ2) is 6.63. The summed E-state index contributed by atoms with van der Waals surface area (Å²) >= 11 is 6.13. The third-order valence-corrected chi connectivity index (χ3v) is 3.74. The fourth-order valence-electron chi connectivity index (χ4n) is 2.24. The predicted molar refractivity (Wildman–Crippen MR) is 87.6 cm³/mol. The minimum atomic E-state index is -0.288. The highest BCUT2D eigenvalue weighted by Crippen LogP contribution is 2.31. The van der Waals surface area contributed by atoms with Crippen molar-refractivity contribution in [1.29, 1.82) is 0 Å². The number of hydrogen-bond acceptors (Lipinski definition) is 1. The molecule has 110 valence electrons. The molecule has 0 bridgehead atoms. The van der Waals surface area contributed by atoms with Crippen LogP contribution in [0.2, 0.25) is 5.02 Å². The molecule has 1 nitrogen and oxygen atoms in total. The van der Waals surface area contributed by atoms with Gasteiger partial charge in [0, 0.05) is 16.1 Å². The van der Waals surface area contributed by atoms with Gasteiger partial charge in [0.25, 0.3) is 0 Å². The molecule has 22 heavy (non-hydrogen) atoms. The van der Waals surface area contributed by atoms with Crippen molar-refractivity contribution in [2.24, 2.45) is 0 Å². The van der Waals surface area contributed by atoms with Crippen LogP contribution in [0, 0.1) is 5.82 Å². The molecule has 0 aliphatic carbocycles. The Kier molecular flexibility index (Phi) is 4.40. The number of ether oxygens (including phenoxy) is 1. The van der Waals surface area contributed by atoms with Crippen molar-refractivity contribution < 1.29 is 9.13 Å². The summed E-state index contributed by atoms with van der Waals surface area (Å²) in [4.78, 5) is 0. The quantitative estimate of drug-likeness (QED) is 0.598. The number of benzene rings is 3. The second-order valence-corrected chi connectivity index (χ2v) is 5.29. The summed E-state index contributed by atoms with van der Waals surface area (Å²) in [6.07, 6.45) is 0. The Labute approximate surface area is 133 Å². The largest absolute Gasteiger partial charge is 0.488 e. The zero-order valence-corrected chi connectivity index (χ0v) is 12.6. The Morgan fingerprint density at radius 3 is 2.36 bits per heavy atom. The highest BCUT2D eigenvalue weighted by molar-refractivity contribution is 6.31. The van der Waals surface area contributed by atoms with E-state index in [2.05, 4.69) is 0 Å². The highest BCUT2D eigenvalue weighted by atomic mass is 35.5. The van der Waals surface area contributed by atoms with Gasteiger partial charge < -0.3 is 4.74 Å². The number of halogens is 2. The van der Waals surface area contributed by atoms with Crippen LogP contribution in [0.1, 0.15) is 5.56 Å². The Bertz CT molecular complexity index is 771. The first-order chi connectivity index (χ1) is 10.7. The maximum Gasteiger partial charge on any atom is 0.127 e. The van der Waals surface area contributed by atoms with Crippen LogP contribution in [0.25, 0.3) is 11.1 Å². The van der Waals surface area contributed by atoms with Crippen molar-refractivity contribution in [3.05, 3.63) is 89.2 Å². The summed E-state index contributed by atoms with van der Waals surface area (Å²) in [6, 6.07) is 21.7. The summed E-state index contributed by atoms with van der Waals surface area (Å²) in [6.45, 7) is 0.338. The van der Waals surface area contributed by atoms with Crippen molar-refractivity contribution in [3.8, 4) is 16.9 Å². The highest BCUT2D eigenvalue weighted by Gasteiger charge is 2.09. The Morgan fingerprint density at radius 1 is 0.864 bits per heavy atom. The molecule has 3 heteroatoms. The predicted octanol–water partition coefficient (Wildman–Crippen LogP) is 5.73. The van der Waals surface area contributed by atoms with Crippen LogP contribution in [0.4, 0.5) is 4.39 Å². The van der Waals surface area contributed by atoms with E-state index in [1.807, 2.05) is 54.6 Å². The Morgan fingerprint density at radius 2 is 1.59 bits per heavy atom. The van der Waals surface area contributed by atoms with Crippen LogP contribution in [0.15, 0.2) is 72.8 Å². The monoisotopic (exact) mass is 312 g/mol. The average molecular weight is 313 g/mol. The Balaban J connectivity index is 1.90. The molecule has 3 aromatic rings. The standard InChI is InChI=1S/C19H14ClFO/c20-18-9-5-4-8-15(18)13-22-19-11-10-16(21)12-17(19)14-6-2-1-3-7-14/h1-12H,13H2. The minimum Gasteiger partial charge on any atom is -0.488 e. The van der Waals surface area contributed by atoms with Crippen LogP contribution in [-0.2, 0) is 6.61 Å². The molecule has 0 unspecified atom stereocenters. The third kappa shape index (κ3) is 3.29. The van der Waals surface area contributed by atoms with Crippen LogP contribution >= 0.6 is 11.6 Å². The van der Waals surface area contributed by atoms with Crippen molar-refractivity contribution in [1.82, 2.24) is 0 Å². The first kappa shape index (κ1) is 14.6. The third-order valence-electron chi connectivity index (χ3n) is 3.37. The van der Waals surface area contributed by atoms with Crippen LogP contribution in [0.3, 0.4) is 0 Å². The SMILES string of the molecule is Fc1ccc(OCc2ccccc2Cl)c(-c2ccccc2)c1. The smallest absolute Gasteiger partial charge is 0.127 e. The maximum atomic E-state index is 13.6. The summed E-state index contributed by atoms with van der Waals surface area (Å²) < 4.78 is 19.4. The molecule has 0 heterocycles. The fraction of sp³-hybridized carbons (Fsp3) is 0.0526. The van der Waals surface area contributed by atoms with Gasteiger partial charge in [-0.2, -0.15) is 0 Å². The molecule has 0 radical (unpaired) electrons. The van der Waals surface area contributed by atoms with Gasteiger partial charge in [-0.1, -0.05) is 60.1 Å². The fourth-order valence-corrected chi connectivity index (χ4v) is 2.43. The van der Waals surface area contributed by atoms with Gasteiger partial charge in [-0.3, -0.25) is 0 Å². The van der Waals surface area contributed by atoms with E-state index < -0.39 is 0 Å². The van der Waals surface area contributed by atoms with E-state index in [0.717, 1.165) is 16.7 Å². The molecule has 3 aromatic carbocycles. The Hall–Kier alpha value is -2.32. The van der Waals surface area contributed by atoms with Crippen molar-refractivity contribution in [2.45, 2.75) is 6.61 Å². The zero-order chi connectivity index (χ0) is 15.4. The normalized spacial score (nSPS) is 10.5. The van der Waals surface area contributed by atoms with Crippen molar-refractivity contribution >= 4 is 11.6 Å². The summed E-state index contributed by atoms with van der Waals surface area (Å²) in [5, 5.41) is 0.658. The average Bonchev–Trinajstić information content (AvgIpc) is 2.56. The molecule has 0 N–H and O–H groups in total. The zero-order valence-electron chi connectivity index (χ0n) is 11.8. The number of hydrogen-bond donors (Lipinski definition) is 0. The lowest BCUT2D eigenvalue weighted by atomic mass is 10.0. The van der Waals surface area contributed by atoms with Crippen LogP contribution in [0.5, 0.6) is 5.75 Å². The van der Waals surface area contributed by atoms with E-state index in [4.69, 9.17) is 16.3 Å². The van der Waals surface area contributed by atoms with Crippen LogP contribution < -0.4 is 4.74 Å². The molecule has 0 amide bonds. The first-order valence-corrected chi connectivity index (χ1v) is 7.33. The molecule has 0 fully saturated rings. The molecule has 0 saturated heterocycles. The van der Waals surface area contributed by atoms with E-state index in [1.54, 1.807) is 6.07 Å². The molecular formula is C19H14ClFO. The van der Waals surface area contributed by atoms with Crippen LogP contribution in [-0.4, -0.2) is 0 Å². The van der Waals surface area contributed by atoms with Crippen molar-refractivity contribution in [2.75, 3.05) is 0 Å². The van der Waals surface area contributed by atoms with E-state index in [1.165, 1.54) is 12.1 Å². The topological polar surface area (TPSA) is 9.23 Å². The number of rotatable bonds is 4. The van der Waals surface area contributed by atoms with Gasteiger partial charge in [0.05, 0.1) is 0 Å². The van der Waals surface area contributed by atoms with Gasteiger partial charge in [0.2, 0.25) is 0 Å². The first-order valence-electron chi connectivity index (χ1n) is 6.95. The van der Waals surface area contributed by atoms with E-state index in [-0.39, 0.29) is 5.82 Å². The van der Waals surface area contributed by atoms with E-state index in [9.17, 15) is 4.39 Å². The van der Waals surface area contributed by atoms with Crippen molar-refractivity contribution in [3.63, 3.8) is 0 Å². The molecular weight excluding hydrogens is 299 g/mol. The maximum absolute atomic E-state index is 13.6. The molecule has 0 spiro atoms. The van der Waals surface area contributed by atoms with Gasteiger partial charge >= 0.3 is 0 Å². The summed E-state index contributed by atoms with van der Waals surface area (Å²) in [5.74, 6) is 0.344. The lowest BCUT2D eigenvalue weighted by Crippen LogP contribution is -1.98. The van der Waals surface area contributed by atoms with E-state index in [0.29, 0.717) is 17.4 Å². The molecule has 0 atom stereocenters.